The van der Waals surface area contributed by atoms with Crippen molar-refractivity contribution in [2.75, 3.05) is 7.05 Å². The zero-order valence-electron chi connectivity index (χ0n) is 11.9. The van der Waals surface area contributed by atoms with Crippen molar-refractivity contribution in [2.45, 2.75) is 45.6 Å². The minimum absolute atomic E-state index is 0.601. The van der Waals surface area contributed by atoms with E-state index in [1.165, 1.54) is 24.8 Å². The van der Waals surface area contributed by atoms with Crippen molar-refractivity contribution in [3.05, 3.63) is 30.1 Å². The van der Waals surface area contributed by atoms with E-state index in [1.54, 1.807) is 0 Å². The van der Waals surface area contributed by atoms with Crippen molar-refractivity contribution in [3.8, 4) is 0 Å². The summed E-state index contributed by atoms with van der Waals surface area (Å²) in [6, 6.07) is 4.82. The van der Waals surface area contributed by atoms with Crippen LogP contribution in [0, 0.1) is 17.8 Å². The van der Waals surface area contributed by atoms with Gasteiger partial charge < -0.3 is 5.32 Å². The lowest BCUT2D eigenvalue weighted by Gasteiger charge is -2.36. The Hall–Kier alpha value is -0.890. The number of nitrogens with zero attached hydrogens (tertiary/aromatic N) is 1. The molecule has 1 fully saturated rings. The molecule has 1 aromatic heterocycles. The van der Waals surface area contributed by atoms with Crippen LogP contribution < -0.4 is 5.32 Å². The van der Waals surface area contributed by atoms with Crippen molar-refractivity contribution in [2.24, 2.45) is 17.8 Å². The molecular weight excluding hydrogens is 220 g/mol. The Labute approximate surface area is 111 Å². The van der Waals surface area contributed by atoms with E-state index in [4.69, 9.17) is 0 Å². The molecule has 2 rings (SSSR count). The lowest BCUT2D eigenvalue weighted by molar-refractivity contribution is 0.173. The van der Waals surface area contributed by atoms with Gasteiger partial charge in [-0.25, -0.2) is 0 Å². The average molecular weight is 246 g/mol. The Bertz CT molecular complexity index is 349. The van der Waals surface area contributed by atoms with E-state index < -0.39 is 0 Å². The molecule has 1 N–H and O–H groups in total. The van der Waals surface area contributed by atoms with Gasteiger partial charge in [0.2, 0.25) is 0 Å². The predicted octanol–water partition coefficient (Wildman–Crippen LogP) is 3.28. The molecule has 1 heterocycles. The third-order valence-electron chi connectivity index (χ3n) is 4.76. The summed E-state index contributed by atoms with van der Waals surface area (Å²) in [5.74, 6) is 2.59. The van der Waals surface area contributed by atoms with Crippen LogP contribution in [-0.4, -0.2) is 18.1 Å². The maximum Gasteiger partial charge on any atom is 0.0300 e. The fourth-order valence-electron chi connectivity index (χ4n) is 3.23. The van der Waals surface area contributed by atoms with Crippen molar-refractivity contribution in [1.82, 2.24) is 10.3 Å². The molecule has 100 valence electrons. The fourth-order valence-corrected chi connectivity index (χ4v) is 3.23. The summed E-state index contributed by atoms with van der Waals surface area (Å²) in [5.41, 5.74) is 1.35. The maximum absolute atomic E-state index is 4.22. The van der Waals surface area contributed by atoms with Gasteiger partial charge in [0.25, 0.3) is 0 Å². The first-order valence-electron chi connectivity index (χ1n) is 7.27. The second kappa shape index (κ2) is 6.33. The van der Waals surface area contributed by atoms with Gasteiger partial charge in [0, 0.05) is 18.4 Å². The Balaban J connectivity index is 1.97. The van der Waals surface area contributed by atoms with Crippen LogP contribution in [0.3, 0.4) is 0 Å². The van der Waals surface area contributed by atoms with Gasteiger partial charge in [-0.05, 0) is 55.7 Å². The van der Waals surface area contributed by atoms with E-state index in [2.05, 4.69) is 37.3 Å². The third kappa shape index (κ3) is 3.32. The molecule has 0 radical (unpaired) electrons. The zero-order valence-corrected chi connectivity index (χ0v) is 11.9. The molecule has 1 aliphatic rings. The zero-order chi connectivity index (χ0) is 13.0. The predicted molar refractivity (Wildman–Crippen MR) is 76.5 cm³/mol. The molecule has 4 atom stereocenters. The highest BCUT2D eigenvalue weighted by atomic mass is 14.9. The van der Waals surface area contributed by atoms with Crippen LogP contribution >= 0.6 is 0 Å². The second-order valence-electron chi connectivity index (χ2n) is 5.99. The van der Waals surface area contributed by atoms with E-state index >= 15 is 0 Å². The molecular formula is C16H26N2. The van der Waals surface area contributed by atoms with Crippen LogP contribution in [0.15, 0.2) is 24.5 Å². The Morgan fingerprint density at radius 3 is 2.78 bits per heavy atom. The summed E-state index contributed by atoms with van der Waals surface area (Å²) in [6.45, 7) is 4.81. The minimum atomic E-state index is 0.601. The molecule has 1 saturated carbocycles. The number of hydrogen-bond donors (Lipinski definition) is 1. The van der Waals surface area contributed by atoms with Crippen LogP contribution in [0.4, 0.5) is 0 Å². The fraction of sp³-hybridized carbons (Fsp3) is 0.688. The van der Waals surface area contributed by atoms with E-state index in [1.807, 2.05) is 18.5 Å². The van der Waals surface area contributed by atoms with Crippen LogP contribution in [0.2, 0.25) is 0 Å². The lowest BCUT2D eigenvalue weighted by Crippen LogP contribution is -2.39. The van der Waals surface area contributed by atoms with Crippen LogP contribution in [-0.2, 0) is 6.42 Å². The minimum Gasteiger partial charge on any atom is -0.316 e. The monoisotopic (exact) mass is 246 g/mol. The van der Waals surface area contributed by atoms with Gasteiger partial charge in [0.1, 0.15) is 0 Å². The van der Waals surface area contributed by atoms with Crippen molar-refractivity contribution < 1.29 is 0 Å². The van der Waals surface area contributed by atoms with E-state index in [0.29, 0.717) is 6.04 Å². The lowest BCUT2D eigenvalue weighted by atomic mass is 9.72. The van der Waals surface area contributed by atoms with Gasteiger partial charge in [-0.15, -0.1) is 0 Å². The molecule has 1 aliphatic carbocycles. The van der Waals surface area contributed by atoms with E-state index in [-0.39, 0.29) is 0 Å². The summed E-state index contributed by atoms with van der Waals surface area (Å²) in [6.07, 6.45) is 9.08. The Morgan fingerprint density at radius 1 is 1.33 bits per heavy atom. The molecule has 18 heavy (non-hydrogen) atoms. The largest absolute Gasteiger partial charge is 0.316 e. The topological polar surface area (TPSA) is 24.9 Å². The van der Waals surface area contributed by atoms with E-state index in [0.717, 1.165) is 24.2 Å². The number of nitrogens with one attached hydrogen (secondary N) is 1. The molecule has 0 bridgehead atoms. The molecule has 4 unspecified atom stereocenters. The summed E-state index contributed by atoms with van der Waals surface area (Å²) in [5, 5.41) is 3.53. The van der Waals surface area contributed by atoms with E-state index in [9.17, 15) is 0 Å². The molecule has 0 spiro atoms. The first-order chi connectivity index (χ1) is 8.70. The van der Waals surface area contributed by atoms with Crippen molar-refractivity contribution in [3.63, 3.8) is 0 Å². The molecule has 2 nitrogen and oxygen atoms in total. The smallest absolute Gasteiger partial charge is 0.0300 e. The highest BCUT2D eigenvalue weighted by molar-refractivity contribution is 5.10. The van der Waals surface area contributed by atoms with Gasteiger partial charge in [-0.3, -0.25) is 4.98 Å². The highest BCUT2D eigenvalue weighted by Gasteiger charge is 2.29. The van der Waals surface area contributed by atoms with Crippen molar-refractivity contribution in [1.29, 1.82) is 0 Å². The summed E-state index contributed by atoms with van der Waals surface area (Å²) in [4.78, 5) is 4.22. The SMILES string of the molecule is CNC(Cc1cccnc1)C1CCC(C)C(C)C1. The first kappa shape index (κ1) is 13.5. The maximum atomic E-state index is 4.22. The number of aromatic nitrogens is 1. The van der Waals surface area contributed by atoms with Crippen molar-refractivity contribution >= 4 is 0 Å². The molecule has 1 aromatic rings. The van der Waals surface area contributed by atoms with Crippen LogP contribution in [0.5, 0.6) is 0 Å². The molecule has 0 aliphatic heterocycles. The molecule has 0 amide bonds. The van der Waals surface area contributed by atoms with Gasteiger partial charge in [0.15, 0.2) is 0 Å². The molecule has 0 saturated heterocycles. The Kier molecular flexibility index (Phi) is 4.76. The molecule has 0 aromatic carbocycles. The summed E-state index contributed by atoms with van der Waals surface area (Å²) in [7, 11) is 2.10. The number of likely N-dealkylation sites (N-methyl/N-ethyl adjacent to an activating group) is 1. The normalized spacial score (nSPS) is 30.1. The van der Waals surface area contributed by atoms with Gasteiger partial charge >= 0.3 is 0 Å². The summed E-state index contributed by atoms with van der Waals surface area (Å²) >= 11 is 0. The average Bonchev–Trinajstić information content (AvgIpc) is 2.40. The standard InChI is InChI=1S/C16H26N2/c1-12-6-7-15(9-13(12)2)16(17-3)10-14-5-4-8-18-11-14/h4-5,8,11-13,15-17H,6-7,9-10H2,1-3H3. The molecule has 2 heteroatoms. The quantitative estimate of drug-likeness (QED) is 0.882. The Morgan fingerprint density at radius 2 is 2.17 bits per heavy atom. The number of hydrogen-bond acceptors (Lipinski definition) is 2. The van der Waals surface area contributed by atoms with Gasteiger partial charge in [-0.2, -0.15) is 0 Å². The van der Waals surface area contributed by atoms with Crippen LogP contribution in [0.1, 0.15) is 38.7 Å². The highest BCUT2D eigenvalue weighted by Crippen LogP contribution is 2.35. The third-order valence-corrected chi connectivity index (χ3v) is 4.76. The van der Waals surface area contributed by atoms with Crippen LogP contribution in [0.25, 0.3) is 0 Å². The van der Waals surface area contributed by atoms with Gasteiger partial charge in [-0.1, -0.05) is 26.3 Å². The second-order valence-corrected chi connectivity index (χ2v) is 5.99. The first-order valence-corrected chi connectivity index (χ1v) is 7.27. The van der Waals surface area contributed by atoms with Gasteiger partial charge in [0.05, 0.1) is 0 Å². The number of rotatable bonds is 4. The number of pyridine rings is 1. The summed E-state index contributed by atoms with van der Waals surface area (Å²) < 4.78 is 0.